The second-order valence-corrected chi connectivity index (χ2v) is 7.79. The molecule has 0 unspecified atom stereocenters. The summed E-state index contributed by atoms with van der Waals surface area (Å²) in [7, 11) is 1.41. The summed E-state index contributed by atoms with van der Waals surface area (Å²) in [5, 5.41) is 0. The highest BCUT2D eigenvalue weighted by atomic mass is 16.7. The van der Waals surface area contributed by atoms with Crippen LogP contribution in [0.5, 0.6) is 5.88 Å². The van der Waals surface area contributed by atoms with Crippen molar-refractivity contribution in [3.05, 3.63) is 42.1 Å². The van der Waals surface area contributed by atoms with Gasteiger partial charge < -0.3 is 18.9 Å². The van der Waals surface area contributed by atoms with Crippen LogP contribution in [0.2, 0.25) is 0 Å². The monoisotopic (exact) mass is 369 g/mol. The van der Waals surface area contributed by atoms with E-state index in [4.69, 9.17) is 14.0 Å². The van der Waals surface area contributed by atoms with Gasteiger partial charge in [0.2, 0.25) is 11.8 Å². The summed E-state index contributed by atoms with van der Waals surface area (Å²) in [6, 6.07) is 10.2. The molecule has 1 aromatic carbocycles. The molecule has 0 saturated carbocycles. The quantitative estimate of drug-likeness (QED) is 0.730. The summed E-state index contributed by atoms with van der Waals surface area (Å²) in [5.41, 5.74) is 1.05. The maximum atomic E-state index is 6.14. The first kappa shape index (κ1) is 19.6. The molecule has 1 aromatic heterocycles. The Bertz CT molecular complexity index is 767. The summed E-state index contributed by atoms with van der Waals surface area (Å²) in [6.07, 6.45) is 1.75. The lowest BCUT2D eigenvalue weighted by atomic mass is 9.80. The van der Waals surface area contributed by atoms with E-state index in [1.54, 1.807) is 6.20 Å². The first-order chi connectivity index (χ1) is 12.7. The molecular formula is C20H28BN3O3. The van der Waals surface area contributed by atoms with E-state index in [0.29, 0.717) is 30.4 Å². The standard InChI is InChI=1S/C20H28BN3O3/c1-7-25-17-16(21-26-19(2,3)20(4,5)27-21)13-22-18(23-17)24(6)14-15-11-9-8-10-12-15/h8-13H,7,14H2,1-6H3. The molecule has 2 aromatic rings. The average Bonchev–Trinajstić information content (AvgIpc) is 2.83. The van der Waals surface area contributed by atoms with Crippen LogP contribution in [0, 0.1) is 0 Å². The first-order valence-electron chi connectivity index (χ1n) is 9.34. The van der Waals surface area contributed by atoms with Gasteiger partial charge in [0.05, 0.1) is 23.3 Å². The van der Waals surface area contributed by atoms with E-state index >= 15 is 0 Å². The van der Waals surface area contributed by atoms with Crippen molar-refractivity contribution in [1.82, 2.24) is 9.97 Å². The zero-order chi connectivity index (χ0) is 19.7. The topological polar surface area (TPSA) is 56.7 Å². The number of nitrogens with zero attached hydrogens (tertiary/aromatic N) is 3. The number of ether oxygens (including phenoxy) is 1. The van der Waals surface area contributed by atoms with E-state index in [1.165, 1.54) is 5.56 Å². The van der Waals surface area contributed by atoms with Gasteiger partial charge in [0.1, 0.15) is 0 Å². The van der Waals surface area contributed by atoms with Gasteiger partial charge in [-0.1, -0.05) is 30.3 Å². The minimum absolute atomic E-state index is 0.427. The Morgan fingerprint density at radius 2 is 1.70 bits per heavy atom. The van der Waals surface area contributed by atoms with Gasteiger partial charge >= 0.3 is 7.12 Å². The van der Waals surface area contributed by atoms with Crippen molar-refractivity contribution >= 4 is 18.5 Å². The largest absolute Gasteiger partial charge is 0.502 e. The van der Waals surface area contributed by atoms with E-state index in [-0.39, 0.29) is 0 Å². The van der Waals surface area contributed by atoms with Crippen molar-refractivity contribution in [2.45, 2.75) is 52.4 Å². The second kappa shape index (κ2) is 7.48. The van der Waals surface area contributed by atoms with Crippen LogP contribution in [0.25, 0.3) is 0 Å². The molecule has 0 N–H and O–H groups in total. The molecule has 7 heteroatoms. The molecule has 1 aliphatic heterocycles. The highest BCUT2D eigenvalue weighted by Crippen LogP contribution is 2.37. The van der Waals surface area contributed by atoms with Crippen LogP contribution in [0.1, 0.15) is 40.2 Å². The fraction of sp³-hybridized carbons (Fsp3) is 0.500. The van der Waals surface area contributed by atoms with Crippen LogP contribution in [-0.4, -0.2) is 41.9 Å². The lowest BCUT2D eigenvalue weighted by Crippen LogP contribution is -2.41. The molecule has 6 nitrogen and oxygen atoms in total. The third kappa shape index (κ3) is 4.09. The Labute approximate surface area is 162 Å². The van der Waals surface area contributed by atoms with Crippen molar-refractivity contribution in [3.8, 4) is 5.88 Å². The molecule has 0 atom stereocenters. The average molecular weight is 369 g/mol. The highest BCUT2D eigenvalue weighted by Gasteiger charge is 2.53. The number of benzene rings is 1. The molecule has 1 fully saturated rings. The van der Waals surface area contributed by atoms with Gasteiger partial charge in [0.15, 0.2) is 0 Å². The Kier molecular flexibility index (Phi) is 5.44. The third-order valence-electron chi connectivity index (χ3n) is 5.16. The van der Waals surface area contributed by atoms with Crippen molar-refractivity contribution in [2.75, 3.05) is 18.6 Å². The Morgan fingerprint density at radius 3 is 2.30 bits per heavy atom. The lowest BCUT2D eigenvalue weighted by molar-refractivity contribution is 0.00578. The van der Waals surface area contributed by atoms with E-state index in [2.05, 4.69) is 22.1 Å². The molecule has 2 heterocycles. The van der Waals surface area contributed by atoms with Crippen molar-refractivity contribution < 1.29 is 14.0 Å². The predicted molar refractivity (Wildman–Crippen MR) is 107 cm³/mol. The number of anilines is 1. The molecule has 144 valence electrons. The Hall–Kier alpha value is -2.12. The van der Waals surface area contributed by atoms with Gasteiger partial charge in [-0.2, -0.15) is 4.98 Å². The van der Waals surface area contributed by atoms with Gasteiger partial charge in [-0.25, -0.2) is 4.98 Å². The zero-order valence-corrected chi connectivity index (χ0v) is 17.0. The molecule has 0 aliphatic carbocycles. The maximum absolute atomic E-state index is 6.14. The normalized spacial score (nSPS) is 17.8. The van der Waals surface area contributed by atoms with E-state index in [9.17, 15) is 0 Å². The van der Waals surface area contributed by atoms with E-state index in [0.717, 1.165) is 0 Å². The van der Waals surface area contributed by atoms with Crippen molar-refractivity contribution in [3.63, 3.8) is 0 Å². The van der Waals surface area contributed by atoms with Gasteiger partial charge in [0.25, 0.3) is 0 Å². The number of hydrogen-bond acceptors (Lipinski definition) is 6. The van der Waals surface area contributed by atoms with Crippen LogP contribution in [0.4, 0.5) is 5.95 Å². The number of rotatable bonds is 6. The minimum Gasteiger partial charge on any atom is -0.478 e. The number of hydrogen-bond donors (Lipinski definition) is 0. The fourth-order valence-corrected chi connectivity index (χ4v) is 2.86. The summed E-state index contributed by atoms with van der Waals surface area (Å²) in [5.74, 6) is 1.10. The zero-order valence-electron chi connectivity index (χ0n) is 17.0. The first-order valence-corrected chi connectivity index (χ1v) is 9.34. The fourth-order valence-electron chi connectivity index (χ4n) is 2.86. The Balaban J connectivity index is 1.85. The van der Waals surface area contributed by atoms with Gasteiger partial charge in [-0.3, -0.25) is 0 Å². The van der Waals surface area contributed by atoms with Gasteiger partial charge in [-0.15, -0.1) is 0 Å². The third-order valence-corrected chi connectivity index (χ3v) is 5.16. The Morgan fingerprint density at radius 1 is 1.07 bits per heavy atom. The van der Waals surface area contributed by atoms with E-state index in [1.807, 2.05) is 64.8 Å². The SMILES string of the molecule is CCOc1nc(N(C)Cc2ccccc2)ncc1B1OC(C)(C)C(C)(C)O1. The van der Waals surface area contributed by atoms with Gasteiger partial charge in [0, 0.05) is 19.8 Å². The smallest absolute Gasteiger partial charge is 0.478 e. The predicted octanol–water partition coefficient (Wildman–Crippen LogP) is 2.81. The molecular weight excluding hydrogens is 341 g/mol. The molecule has 1 saturated heterocycles. The van der Waals surface area contributed by atoms with Crippen LogP contribution in [0.15, 0.2) is 36.5 Å². The van der Waals surface area contributed by atoms with Gasteiger partial charge in [-0.05, 0) is 40.2 Å². The summed E-state index contributed by atoms with van der Waals surface area (Å²) < 4.78 is 18.1. The van der Waals surface area contributed by atoms with Crippen LogP contribution >= 0.6 is 0 Å². The van der Waals surface area contributed by atoms with Crippen LogP contribution < -0.4 is 15.1 Å². The maximum Gasteiger partial charge on any atom is 0.502 e. The van der Waals surface area contributed by atoms with E-state index < -0.39 is 18.3 Å². The van der Waals surface area contributed by atoms with Crippen LogP contribution in [-0.2, 0) is 15.9 Å². The highest BCUT2D eigenvalue weighted by molar-refractivity contribution is 6.63. The molecule has 0 radical (unpaired) electrons. The van der Waals surface area contributed by atoms with Crippen molar-refractivity contribution in [2.24, 2.45) is 0 Å². The summed E-state index contributed by atoms with van der Waals surface area (Å²) >= 11 is 0. The second-order valence-electron chi connectivity index (χ2n) is 7.79. The summed E-state index contributed by atoms with van der Waals surface area (Å²) in [4.78, 5) is 11.2. The minimum atomic E-state index is -0.551. The van der Waals surface area contributed by atoms with Crippen molar-refractivity contribution in [1.29, 1.82) is 0 Å². The molecule has 27 heavy (non-hydrogen) atoms. The molecule has 0 amide bonds. The molecule has 0 bridgehead atoms. The number of aromatic nitrogens is 2. The molecule has 0 spiro atoms. The lowest BCUT2D eigenvalue weighted by Gasteiger charge is -2.32. The summed E-state index contributed by atoms with van der Waals surface area (Å²) in [6.45, 7) is 11.2. The van der Waals surface area contributed by atoms with Crippen LogP contribution in [0.3, 0.4) is 0 Å². The molecule has 3 rings (SSSR count). The molecule has 1 aliphatic rings.